The molecular formula is C24H30N4O3. The molecule has 0 unspecified atom stereocenters. The van der Waals surface area contributed by atoms with Crippen LogP contribution in [-0.2, 0) is 24.3 Å². The maximum absolute atomic E-state index is 12.9. The quantitative estimate of drug-likeness (QED) is 0.801. The van der Waals surface area contributed by atoms with Gasteiger partial charge in [-0.25, -0.2) is 4.98 Å². The Hall–Kier alpha value is -2.67. The average Bonchev–Trinajstić information content (AvgIpc) is 3.65. The third kappa shape index (κ3) is 4.37. The lowest BCUT2D eigenvalue weighted by molar-refractivity contribution is -0.133. The molecule has 1 saturated heterocycles. The number of nitrogens with zero attached hydrogens (tertiary/aromatic N) is 3. The molecule has 2 fully saturated rings. The smallest absolute Gasteiger partial charge is 0.256 e. The van der Waals surface area contributed by atoms with Crippen LogP contribution in [0.3, 0.4) is 0 Å². The molecule has 0 bridgehead atoms. The number of hydrogen-bond acceptors (Lipinski definition) is 5. The number of hydrogen-bond donors (Lipinski definition) is 1. The van der Waals surface area contributed by atoms with Crippen LogP contribution in [-0.4, -0.2) is 52.4 Å². The minimum atomic E-state index is -0.0689. The van der Waals surface area contributed by atoms with Crippen molar-refractivity contribution in [1.82, 2.24) is 19.8 Å². The summed E-state index contributed by atoms with van der Waals surface area (Å²) < 4.78 is 5.25. The number of H-pyrrole nitrogens is 1. The van der Waals surface area contributed by atoms with E-state index in [0.29, 0.717) is 25.1 Å². The second-order valence-electron chi connectivity index (χ2n) is 9.08. The Morgan fingerprint density at radius 2 is 2.00 bits per heavy atom. The molecule has 1 amide bonds. The van der Waals surface area contributed by atoms with Crippen molar-refractivity contribution in [3.8, 4) is 5.75 Å². The average molecular weight is 423 g/mol. The van der Waals surface area contributed by atoms with Crippen molar-refractivity contribution >= 4 is 5.91 Å². The number of rotatable bonds is 5. The summed E-state index contributed by atoms with van der Waals surface area (Å²) >= 11 is 0. The second kappa shape index (κ2) is 8.46. The van der Waals surface area contributed by atoms with E-state index in [4.69, 9.17) is 9.72 Å². The summed E-state index contributed by atoms with van der Waals surface area (Å²) in [5.74, 6) is 2.30. The summed E-state index contributed by atoms with van der Waals surface area (Å²) in [7, 11) is 1.68. The normalized spacial score (nSPS) is 21.6. The summed E-state index contributed by atoms with van der Waals surface area (Å²) in [6.45, 7) is 3.90. The highest BCUT2D eigenvalue weighted by molar-refractivity contribution is 5.81. The summed E-state index contributed by atoms with van der Waals surface area (Å²) in [4.78, 5) is 37.5. The van der Waals surface area contributed by atoms with Crippen LogP contribution in [0.1, 0.15) is 54.2 Å². The van der Waals surface area contributed by atoms with Crippen LogP contribution < -0.4 is 10.3 Å². The van der Waals surface area contributed by atoms with Gasteiger partial charge in [-0.2, -0.15) is 0 Å². The predicted molar refractivity (Wildman–Crippen MR) is 117 cm³/mol. The number of nitrogens with one attached hydrogen (secondary N) is 1. The highest BCUT2D eigenvalue weighted by atomic mass is 16.5. The molecule has 1 aliphatic carbocycles. The van der Waals surface area contributed by atoms with Crippen LogP contribution in [0, 0.1) is 5.92 Å². The van der Waals surface area contributed by atoms with Gasteiger partial charge < -0.3 is 14.6 Å². The fourth-order valence-corrected chi connectivity index (χ4v) is 4.83. The Labute approximate surface area is 182 Å². The lowest BCUT2D eigenvalue weighted by Gasteiger charge is -2.33. The molecular weight excluding hydrogens is 392 g/mol. The van der Waals surface area contributed by atoms with Gasteiger partial charge in [0.25, 0.3) is 5.56 Å². The first-order valence-corrected chi connectivity index (χ1v) is 11.4. The third-order valence-electron chi connectivity index (χ3n) is 6.78. The van der Waals surface area contributed by atoms with Crippen molar-refractivity contribution in [2.24, 2.45) is 5.92 Å². The molecule has 3 aliphatic rings. The monoisotopic (exact) mass is 422 g/mol. The zero-order valence-electron chi connectivity index (χ0n) is 18.1. The van der Waals surface area contributed by atoms with E-state index in [-0.39, 0.29) is 23.3 Å². The Bertz CT molecular complexity index is 1010. The number of likely N-dealkylation sites (tertiary alicyclic amines) is 1. The van der Waals surface area contributed by atoms with Gasteiger partial charge in [0.2, 0.25) is 5.91 Å². The molecule has 1 N–H and O–H groups in total. The number of carbonyl (C=O) groups is 1. The third-order valence-corrected chi connectivity index (χ3v) is 6.78. The zero-order chi connectivity index (χ0) is 21.4. The Balaban J connectivity index is 1.28. The molecule has 2 aromatic rings. The van der Waals surface area contributed by atoms with Gasteiger partial charge in [0.1, 0.15) is 11.6 Å². The molecule has 1 aromatic carbocycles. The van der Waals surface area contributed by atoms with Gasteiger partial charge in [0, 0.05) is 37.9 Å². The fourth-order valence-electron chi connectivity index (χ4n) is 4.83. The van der Waals surface area contributed by atoms with Crippen LogP contribution in [0.4, 0.5) is 0 Å². The highest BCUT2D eigenvalue weighted by Crippen LogP contribution is 2.32. The lowest BCUT2D eigenvalue weighted by Crippen LogP contribution is -2.41. The van der Waals surface area contributed by atoms with Gasteiger partial charge in [-0.3, -0.25) is 14.5 Å². The summed E-state index contributed by atoms with van der Waals surface area (Å²) in [5.41, 5.74) is 2.75. The SMILES string of the molecule is COc1ccc(CN2CCC[C@H](c3nc4c(c(=O)[nH]3)CN(C(=O)C3CC3)CC4)C2)cc1. The molecule has 1 saturated carbocycles. The molecule has 164 valence electrons. The lowest BCUT2D eigenvalue weighted by atomic mass is 9.96. The first-order valence-electron chi connectivity index (χ1n) is 11.4. The van der Waals surface area contributed by atoms with E-state index < -0.39 is 0 Å². The van der Waals surface area contributed by atoms with Crippen molar-refractivity contribution in [3.05, 3.63) is 57.3 Å². The number of fused-ring (bicyclic) bond motifs is 1. The summed E-state index contributed by atoms with van der Waals surface area (Å²) in [5, 5.41) is 0. The van der Waals surface area contributed by atoms with Gasteiger partial charge in [-0.15, -0.1) is 0 Å². The summed E-state index contributed by atoms with van der Waals surface area (Å²) in [6, 6.07) is 8.21. The predicted octanol–water partition coefficient (Wildman–Crippen LogP) is 2.45. The molecule has 5 rings (SSSR count). The number of amides is 1. The standard InChI is InChI=1S/C24H30N4O3/c1-31-19-8-4-16(5-9-19)13-27-11-2-3-18(14-27)22-25-21-10-12-28(24(30)17-6-7-17)15-20(21)23(29)26-22/h4-5,8-9,17-18H,2-3,6-7,10-15H2,1H3,(H,25,26,29)/t18-/m0/s1. The van der Waals surface area contributed by atoms with E-state index in [1.165, 1.54) is 5.56 Å². The number of carbonyl (C=O) groups excluding carboxylic acids is 1. The maximum Gasteiger partial charge on any atom is 0.256 e. The first-order chi connectivity index (χ1) is 15.1. The number of methoxy groups -OCH3 is 1. The molecule has 1 atom stereocenters. The minimum Gasteiger partial charge on any atom is -0.497 e. The number of aromatic amines is 1. The van der Waals surface area contributed by atoms with Crippen LogP contribution in [0.25, 0.3) is 0 Å². The van der Waals surface area contributed by atoms with Crippen LogP contribution >= 0.6 is 0 Å². The Morgan fingerprint density at radius 1 is 1.19 bits per heavy atom. The van der Waals surface area contributed by atoms with Crippen LogP contribution in [0.5, 0.6) is 5.75 Å². The first kappa shape index (κ1) is 20.2. The van der Waals surface area contributed by atoms with Crippen molar-refractivity contribution in [3.63, 3.8) is 0 Å². The zero-order valence-corrected chi connectivity index (χ0v) is 18.1. The molecule has 0 radical (unpaired) electrons. The van der Waals surface area contributed by atoms with E-state index in [2.05, 4.69) is 22.0 Å². The van der Waals surface area contributed by atoms with Gasteiger partial charge in [0.05, 0.1) is 24.9 Å². The number of benzene rings is 1. The van der Waals surface area contributed by atoms with E-state index in [0.717, 1.165) is 62.6 Å². The summed E-state index contributed by atoms with van der Waals surface area (Å²) in [6.07, 6.45) is 4.78. The molecule has 3 heterocycles. The molecule has 2 aliphatic heterocycles. The van der Waals surface area contributed by atoms with E-state index in [1.54, 1.807) is 7.11 Å². The van der Waals surface area contributed by atoms with Crippen molar-refractivity contribution in [2.45, 2.75) is 51.1 Å². The molecule has 7 nitrogen and oxygen atoms in total. The number of piperidine rings is 1. The minimum absolute atomic E-state index is 0.0689. The van der Waals surface area contributed by atoms with E-state index in [1.807, 2.05) is 17.0 Å². The fraction of sp³-hybridized carbons (Fsp3) is 0.542. The molecule has 31 heavy (non-hydrogen) atoms. The maximum atomic E-state index is 12.9. The topological polar surface area (TPSA) is 78.5 Å². The molecule has 7 heteroatoms. The van der Waals surface area contributed by atoms with Crippen molar-refractivity contribution in [2.75, 3.05) is 26.7 Å². The van der Waals surface area contributed by atoms with Crippen LogP contribution in [0.2, 0.25) is 0 Å². The van der Waals surface area contributed by atoms with E-state index >= 15 is 0 Å². The van der Waals surface area contributed by atoms with Gasteiger partial charge >= 0.3 is 0 Å². The van der Waals surface area contributed by atoms with Crippen molar-refractivity contribution in [1.29, 1.82) is 0 Å². The van der Waals surface area contributed by atoms with Gasteiger partial charge in [0.15, 0.2) is 0 Å². The number of aromatic nitrogens is 2. The van der Waals surface area contributed by atoms with Gasteiger partial charge in [-0.05, 0) is 49.9 Å². The Morgan fingerprint density at radius 3 is 2.74 bits per heavy atom. The van der Waals surface area contributed by atoms with E-state index in [9.17, 15) is 9.59 Å². The van der Waals surface area contributed by atoms with Gasteiger partial charge in [-0.1, -0.05) is 12.1 Å². The Kier molecular flexibility index (Phi) is 5.52. The second-order valence-corrected chi connectivity index (χ2v) is 9.08. The van der Waals surface area contributed by atoms with Crippen LogP contribution in [0.15, 0.2) is 29.1 Å². The molecule has 1 aromatic heterocycles. The largest absolute Gasteiger partial charge is 0.497 e. The molecule has 0 spiro atoms. The number of ether oxygens (including phenoxy) is 1. The van der Waals surface area contributed by atoms with Crippen molar-refractivity contribution < 1.29 is 9.53 Å². The highest BCUT2D eigenvalue weighted by Gasteiger charge is 2.35.